The molecular formula is C35H23Cl2NO2. The number of carbonyl (C=O) groups is 2. The summed E-state index contributed by atoms with van der Waals surface area (Å²) in [5.74, 6) is -0.666. The number of hydrogen-bond donors (Lipinski definition) is 0. The molecule has 0 fully saturated rings. The lowest BCUT2D eigenvalue weighted by Crippen LogP contribution is -2.30. The van der Waals surface area contributed by atoms with Crippen LogP contribution in [-0.4, -0.2) is 11.6 Å². The number of fused-ring (bicyclic) bond motifs is 5. The van der Waals surface area contributed by atoms with Crippen LogP contribution < -0.4 is 4.90 Å². The Hall–Kier alpha value is -4.18. The minimum atomic E-state index is -0.333. The van der Waals surface area contributed by atoms with E-state index in [1.54, 1.807) is 6.08 Å². The highest BCUT2D eigenvalue weighted by Gasteiger charge is 2.38. The summed E-state index contributed by atoms with van der Waals surface area (Å²) in [6, 6.07) is 32.3. The van der Waals surface area contributed by atoms with Gasteiger partial charge in [-0.2, -0.15) is 0 Å². The van der Waals surface area contributed by atoms with Crippen molar-refractivity contribution in [2.24, 2.45) is 0 Å². The third kappa shape index (κ3) is 3.58. The van der Waals surface area contributed by atoms with Gasteiger partial charge in [-0.3, -0.25) is 9.59 Å². The van der Waals surface area contributed by atoms with Gasteiger partial charge in [0.1, 0.15) is 0 Å². The average molecular weight is 560 g/mol. The van der Waals surface area contributed by atoms with Crippen LogP contribution in [0.25, 0.3) is 16.8 Å². The molecule has 0 atom stereocenters. The van der Waals surface area contributed by atoms with Crippen molar-refractivity contribution < 1.29 is 9.59 Å². The molecule has 1 aliphatic carbocycles. The smallest absolute Gasteiger partial charge is 0.197 e. The van der Waals surface area contributed by atoms with Gasteiger partial charge < -0.3 is 4.90 Å². The number of halogens is 2. The predicted octanol–water partition coefficient (Wildman–Crippen LogP) is 9.72. The van der Waals surface area contributed by atoms with Crippen LogP contribution >= 0.6 is 23.2 Å². The van der Waals surface area contributed by atoms with Gasteiger partial charge in [0.25, 0.3) is 0 Å². The second kappa shape index (κ2) is 8.92. The fraction of sp³-hybridized carbons (Fsp3) is 0.0857. The number of rotatable bonds is 2. The fourth-order valence-electron chi connectivity index (χ4n) is 6.20. The lowest BCUT2D eigenvalue weighted by Gasteiger charge is -2.42. The summed E-state index contributed by atoms with van der Waals surface area (Å²) in [6.07, 6.45) is 1.67. The Morgan fingerprint density at radius 2 is 1.35 bits per heavy atom. The molecule has 0 spiro atoms. The summed E-state index contributed by atoms with van der Waals surface area (Å²) < 4.78 is 0. The maximum Gasteiger partial charge on any atom is 0.197 e. The third-order valence-corrected chi connectivity index (χ3v) is 8.79. The van der Waals surface area contributed by atoms with Crippen LogP contribution in [0.4, 0.5) is 17.1 Å². The molecule has 0 saturated heterocycles. The number of hydrogen-bond acceptors (Lipinski definition) is 3. The van der Waals surface area contributed by atoms with Gasteiger partial charge in [-0.1, -0.05) is 91.6 Å². The van der Waals surface area contributed by atoms with Crippen molar-refractivity contribution >= 4 is 68.7 Å². The molecule has 5 heteroatoms. The molecular weight excluding hydrogens is 537 g/mol. The number of benzene rings is 5. The average Bonchev–Trinajstić information content (AvgIpc) is 3.17. The number of anilines is 3. The van der Waals surface area contributed by atoms with Crippen LogP contribution in [0, 0.1) is 0 Å². The molecule has 5 aromatic rings. The summed E-state index contributed by atoms with van der Waals surface area (Å²) >= 11 is 12.2. The van der Waals surface area contributed by atoms with Crippen molar-refractivity contribution in [3.63, 3.8) is 0 Å². The second-order valence-electron chi connectivity index (χ2n) is 10.8. The Kier molecular flexibility index (Phi) is 5.54. The molecule has 0 bridgehead atoms. The molecule has 2 aliphatic rings. The van der Waals surface area contributed by atoms with E-state index in [0.29, 0.717) is 11.1 Å². The largest absolute Gasteiger partial charge is 0.310 e. The van der Waals surface area contributed by atoms with Crippen molar-refractivity contribution in [3.8, 4) is 0 Å². The zero-order valence-electron chi connectivity index (χ0n) is 21.8. The predicted molar refractivity (Wildman–Crippen MR) is 164 cm³/mol. The minimum Gasteiger partial charge on any atom is -0.310 e. The molecule has 0 unspecified atom stereocenters. The third-order valence-electron chi connectivity index (χ3n) is 8.07. The number of Topliss-reactive ketones (excluding diaryl/α,β-unsaturated/α-hetero) is 2. The van der Waals surface area contributed by atoms with E-state index in [9.17, 15) is 9.59 Å². The first-order chi connectivity index (χ1) is 19.3. The molecule has 0 radical (unpaired) electrons. The lowest BCUT2D eigenvalue weighted by atomic mass is 9.71. The van der Waals surface area contributed by atoms with Crippen molar-refractivity contribution in [2.45, 2.75) is 19.3 Å². The number of para-hydroxylation sites is 2. The van der Waals surface area contributed by atoms with Crippen LogP contribution in [0.1, 0.15) is 51.3 Å². The standard InChI is InChI=1S/C35H23Cl2NO2/c1-35(2)27-10-6-7-11-30(27)38(22-8-4-3-5-9-22)31-15-13-21-16-20(12-14-23(21)32(31)35)17-26-33(39)24-18-28(36)29(37)19-25(24)34(26)40/h3-19H,1-2H3. The Morgan fingerprint density at radius 1 is 0.700 bits per heavy atom. The highest BCUT2D eigenvalue weighted by atomic mass is 35.5. The fourth-order valence-corrected chi connectivity index (χ4v) is 6.53. The van der Waals surface area contributed by atoms with Crippen LogP contribution in [-0.2, 0) is 5.41 Å². The summed E-state index contributed by atoms with van der Waals surface area (Å²) in [4.78, 5) is 28.5. The van der Waals surface area contributed by atoms with Gasteiger partial charge >= 0.3 is 0 Å². The van der Waals surface area contributed by atoms with E-state index in [4.69, 9.17) is 23.2 Å². The van der Waals surface area contributed by atoms with Crippen molar-refractivity contribution in [3.05, 3.63) is 140 Å². The maximum atomic E-state index is 13.1. The second-order valence-corrected chi connectivity index (χ2v) is 11.6. The van der Waals surface area contributed by atoms with E-state index in [1.807, 2.05) is 18.2 Å². The zero-order chi connectivity index (χ0) is 27.8. The number of nitrogens with zero attached hydrogens (tertiary/aromatic N) is 1. The molecule has 0 amide bonds. The zero-order valence-corrected chi connectivity index (χ0v) is 23.3. The van der Waals surface area contributed by atoms with Gasteiger partial charge in [-0.05, 0) is 76.0 Å². The molecule has 3 nitrogen and oxygen atoms in total. The Labute approximate surface area is 242 Å². The molecule has 0 saturated carbocycles. The first kappa shape index (κ1) is 24.8. The molecule has 1 heterocycles. The van der Waals surface area contributed by atoms with E-state index in [2.05, 4.69) is 85.5 Å². The van der Waals surface area contributed by atoms with E-state index >= 15 is 0 Å². The summed E-state index contributed by atoms with van der Waals surface area (Å²) in [5.41, 5.74) is 7.13. The van der Waals surface area contributed by atoms with Crippen molar-refractivity contribution in [1.29, 1.82) is 0 Å². The molecule has 0 aromatic heterocycles. The van der Waals surface area contributed by atoms with Crippen molar-refractivity contribution in [1.82, 2.24) is 0 Å². The van der Waals surface area contributed by atoms with Gasteiger partial charge in [0.2, 0.25) is 0 Å². The van der Waals surface area contributed by atoms with E-state index in [1.165, 1.54) is 28.9 Å². The monoisotopic (exact) mass is 559 g/mol. The van der Waals surface area contributed by atoms with Crippen LogP contribution in [0.5, 0.6) is 0 Å². The maximum absolute atomic E-state index is 13.1. The minimum absolute atomic E-state index is 0.121. The topological polar surface area (TPSA) is 37.4 Å². The first-order valence-electron chi connectivity index (χ1n) is 13.1. The quantitative estimate of drug-likeness (QED) is 0.159. The van der Waals surface area contributed by atoms with Gasteiger partial charge in [0.15, 0.2) is 11.6 Å². The van der Waals surface area contributed by atoms with Gasteiger partial charge in [-0.15, -0.1) is 0 Å². The van der Waals surface area contributed by atoms with Gasteiger partial charge in [0, 0.05) is 22.2 Å². The highest BCUT2D eigenvalue weighted by molar-refractivity contribution is 6.46. The summed E-state index contributed by atoms with van der Waals surface area (Å²) in [5, 5.41) is 2.68. The number of carbonyl (C=O) groups excluding carboxylic acids is 2. The molecule has 1 aliphatic heterocycles. The molecule has 40 heavy (non-hydrogen) atoms. The van der Waals surface area contributed by atoms with E-state index in [-0.39, 0.29) is 32.6 Å². The highest BCUT2D eigenvalue weighted by Crippen LogP contribution is 2.53. The molecule has 0 N–H and O–H groups in total. The van der Waals surface area contributed by atoms with Crippen LogP contribution in [0.3, 0.4) is 0 Å². The van der Waals surface area contributed by atoms with Gasteiger partial charge in [-0.25, -0.2) is 0 Å². The van der Waals surface area contributed by atoms with Crippen LogP contribution in [0.15, 0.2) is 103 Å². The number of allylic oxidation sites excluding steroid dienone is 1. The lowest BCUT2D eigenvalue weighted by molar-refractivity contribution is 0.0990. The van der Waals surface area contributed by atoms with E-state index < -0.39 is 0 Å². The summed E-state index contributed by atoms with van der Waals surface area (Å²) in [7, 11) is 0. The van der Waals surface area contributed by atoms with E-state index in [0.717, 1.165) is 27.7 Å². The Balaban J connectivity index is 1.38. The SMILES string of the molecule is CC1(C)c2ccccc2N(c2ccccc2)c2ccc3cc(C=C4C(=O)c5cc(Cl)c(Cl)cc5C4=O)ccc3c21. The molecule has 5 aromatic carbocycles. The Morgan fingerprint density at radius 3 is 2.05 bits per heavy atom. The van der Waals surface area contributed by atoms with Crippen LogP contribution in [0.2, 0.25) is 10.0 Å². The van der Waals surface area contributed by atoms with Gasteiger partial charge in [0.05, 0.1) is 27.0 Å². The normalized spacial score (nSPS) is 15.2. The first-order valence-corrected chi connectivity index (χ1v) is 13.8. The van der Waals surface area contributed by atoms with Crippen molar-refractivity contribution in [2.75, 3.05) is 4.90 Å². The Bertz CT molecular complexity index is 1900. The summed E-state index contributed by atoms with van der Waals surface area (Å²) in [6.45, 7) is 4.54. The molecule has 7 rings (SSSR count). The molecule has 194 valence electrons. The number of ketones is 2.